The van der Waals surface area contributed by atoms with E-state index in [1.807, 2.05) is 24.3 Å². The first-order valence-electron chi connectivity index (χ1n) is 12.4. The molecule has 0 radical (unpaired) electrons. The van der Waals surface area contributed by atoms with Gasteiger partial charge in [-0.25, -0.2) is 4.98 Å². The molecule has 0 saturated carbocycles. The van der Waals surface area contributed by atoms with E-state index in [0.717, 1.165) is 0 Å². The number of methoxy groups -OCH3 is 3. The van der Waals surface area contributed by atoms with Crippen molar-refractivity contribution in [1.82, 2.24) is 4.98 Å². The number of hydrogen-bond donors (Lipinski definition) is 2. The highest BCUT2D eigenvalue weighted by Gasteiger charge is 2.39. The summed E-state index contributed by atoms with van der Waals surface area (Å²) < 4.78 is 16.2. The zero-order chi connectivity index (χ0) is 28.4. The van der Waals surface area contributed by atoms with Crippen LogP contribution in [0.4, 0.5) is 5.69 Å². The maximum atomic E-state index is 13.7. The number of thioether (sulfide) groups is 1. The average Bonchev–Trinajstić information content (AvgIpc) is 3.31. The molecular weight excluding hydrogens is 526 g/mol. The van der Waals surface area contributed by atoms with Gasteiger partial charge in [0.1, 0.15) is 16.0 Å². The van der Waals surface area contributed by atoms with Gasteiger partial charge in [-0.05, 0) is 61.0 Å². The van der Waals surface area contributed by atoms with Crippen LogP contribution in [0.5, 0.6) is 17.2 Å². The smallest absolute Gasteiger partial charge is 0.258 e. The van der Waals surface area contributed by atoms with Gasteiger partial charge in [0.05, 0.1) is 38.3 Å². The number of Topliss-reactive ketones (excluding diaryl/α,β-unsaturated/α-hetero) is 1. The third-order valence-electron chi connectivity index (χ3n) is 6.65. The Morgan fingerprint density at radius 2 is 1.57 bits per heavy atom. The zero-order valence-electron chi connectivity index (χ0n) is 22.4. The number of fused-ring (bicyclic) bond motifs is 1. The molecule has 3 aromatic carbocycles. The van der Waals surface area contributed by atoms with Gasteiger partial charge >= 0.3 is 0 Å². The molecule has 1 amide bonds. The fourth-order valence-electron chi connectivity index (χ4n) is 4.68. The number of rotatable bonds is 8. The van der Waals surface area contributed by atoms with E-state index in [1.165, 1.54) is 18.9 Å². The van der Waals surface area contributed by atoms with Crippen molar-refractivity contribution in [1.29, 1.82) is 5.41 Å². The van der Waals surface area contributed by atoms with Crippen LogP contribution in [0, 0.1) is 12.3 Å². The molecule has 1 aliphatic rings. The van der Waals surface area contributed by atoms with Gasteiger partial charge < -0.3 is 24.9 Å². The molecule has 9 heteroatoms. The summed E-state index contributed by atoms with van der Waals surface area (Å²) in [4.78, 5) is 32.0. The minimum absolute atomic E-state index is 0.0897. The van der Waals surface area contributed by atoms with Crippen molar-refractivity contribution in [2.24, 2.45) is 0 Å². The lowest BCUT2D eigenvalue weighted by atomic mass is 9.89. The lowest BCUT2D eigenvalue weighted by Gasteiger charge is -2.18. The molecule has 202 valence electrons. The van der Waals surface area contributed by atoms with Gasteiger partial charge in [0.25, 0.3) is 5.91 Å². The van der Waals surface area contributed by atoms with Crippen LogP contribution in [0.3, 0.4) is 0 Å². The number of benzene rings is 3. The number of pyridine rings is 1. The molecule has 0 aliphatic carbocycles. The van der Waals surface area contributed by atoms with Crippen molar-refractivity contribution in [3.05, 3.63) is 95.2 Å². The highest BCUT2D eigenvalue weighted by molar-refractivity contribution is 8.02. The molecule has 0 saturated heterocycles. The second kappa shape index (κ2) is 11.2. The number of nitrogens with one attached hydrogen (secondary N) is 2. The minimum atomic E-state index is -0.818. The Kier molecular flexibility index (Phi) is 7.57. The zero-order valence-corrected chi connectivity index (χ0v) is 23.2. The third-order valence-corrected chi connectivity index (χ3v) is 7.85. The van der Waals surface area contributed by atoms with Crippen LogP contribution in [0.25, 0.3) is 11.1 Å². The lowest BCUT2D eigenvalue weighted by molar-refractivity contribution is 0.100. The minimum Gasteiger partial charge on any atom is -0.497 e. The second-order valence-corrected chi connectivity index (χ2v) is 10.1. The number of anilines is 1. The Bertz CT molecular complexity index is 1620. The SMILES string of the molecule is COc1ccc(C(=O)C2Sc3nc(C)c(C(=O)Nc4ccccc4)c(-c4ccc(OC)c(OC)c4)c3C2=N)cc1. The van der Waals surface area contributed by atoms with Crippen LogP contribution < -0.4 is 19.5 Å². The molecule has 1 atom stereocenters. The van der Waals surface area contributed by atoms with Gasteiger partial charge in [-0.15, -0.1) is 0 Å². The standard InChI is InChI=1S/C31H27N3O5S/c1-17-24(30(36)34-20-8-6-5-7-9-20)25(19-12-15-22(38-3)23(16-19)39-4)26-27(32)29(40-31(26)33-17)28(35)18-10-13-21(37-2)14-11-18/h5-16,29,32H,1-4H3,(H,34,36). The predicted octanol–water partition coefficient (Wildman–Crippen LogP) is 6.06. The number of carbonyl (C=O) groups is 2. The molecule has 2 heterocycles. The van der Waals surface area contributed by atoms with E-state index in [2.05, 4.69) is 5.32 Å². The van der Waals surface area contributed by atoms with Crippen molar-refractivity contribution in [2.75, 3.05) is 26.6 Å². The first-order chi connectivity index (χ1) is 19.4. The molecule has 40 heavy (non-hydrogen) atoms. The van der Waals surface area contributed by atoms with E-state index in [1.54, 1.807) is 69.7 Å². The molecule has 1 aliphatic heterocycles. The van der Waals surface area contributed by atoms with E-state index in [-0.39, 0.29) is 17.4 Å². The predicted molar refractivity (Wildman–Crippen MR) is 156 cm³/mol. The fourth-order valence-corrected chi connectivity index (χ4v) is 5.90. The van der Waals surface area contributed by atoms with Crippen molar-refractivity contribution in [3.63, 3.8) is 0 Å². The van der Waals surface area contributed by atoms with E-state index >= 15 is 0 Å². The van der Waals surface area contributed by atoms with Gasteiger partial charge in [-0.3, -0.25) is 9.59 Å². The number of amides is 1. The molecule has 8 nitrogen and oxygen atoms in total. The van der Waals surface area contributed by atoms with Crippen molar-refractivity contribution >= 4 is 34.9 Å². The lowest BCUT2D eigenvalue weighted by Crippen LogP contribution is -2.24. The van der Waals surface area contributed by atoms with Crippen LogP contribution in [0.2, 0.25) is 0 Å². The molecule has 0 fully saturated rings. The highest BCUT2D eigenvalue weighted by atomic mass is 32.2. The molecule has 1 aromatic heterocycles. The summed E-state index contributed by atoms with van der Waals surface area (Å²) in [5.74, 6) is 1.05. The molecule has 1 unspecified atom stereocenters. The van der Waals surface area contributed by atoms with Crippen LogP contribution in [0.1, 0.15) is 32.0 Å². The van der Waals surface area contributed by atoms with Gasteiger partial charge in [0.15, 0.2) is 17.3 Å². The van der Waals surface area contributed by atoms with E-state index < -0.39 is 5.25 Å². The quantitative estimate of drug-likeness (QED) is 0.255. The van der Waals surface area contributed by atoms with Gasteiger partial charge in [0.2, 0.25) is 0 Å². The normalized spacial score (nSPS) is 13.9. The third kappa shape index (κ3) is 4.91. The summed E-state index contributed by atoms with van der Waals surface area (Å²) in [6, 6.07) is 21.3. The Labute approximate surface area is 236 Å². The first kappa shape index (κ1) is 27.0. The molecule has 4 aromatic rings. The van der Waals surface area contributed by atoms with E-state index in [0.29, 0.717) is 61.5 Å². The molecule has 0 spiro atoms. The molecular formula is C31H27N3O5S. The molecule has 5 rings (SSSR count). The van der Waals surface area contributed by atoms with Crippen LogP contribution in [-0.2, 0) is 0 Å². The number of carbonyl (C=O) groups excluding carboxylic acids is 2. The topological polar surface area (TPSA) is 111 Å². The number of ether oxygens (including phenoxy) is 3. The summed E-state index contributed by atoms with van der Waals surface area (Å²) in [5, 5.41) is 11.8. The number of nitrogens with zero attached hydrogens (tertiary/aromatic N) is 1. The van der Waals surface area contributed by atoms with Crippen molar-refractivity contribution < 1.29 is 23.8 Å². The number of ketones is 1. The Balaban J connectivity index is 1.65. The monoisotopic (exact) mass is 553 g/mol. The van der Waals surface area contributed by atoms with Crippen molar-refractivity contribution in [3.8, 4) is 28.4 Å². The highest BCUT2D eigenvalue weighted by Crippen LogP contribution is 2.45. The first-order valence-corrected chi connectivity index (χ1v) is 13.3. The summed E-state index contributed by atoms with van der Waals surface area (Å²) in [6.45, 7) is 1.76. The average molecular weight is 554 g/mol. The van der Waals surface area contributed by atoms with Gasteiger partial charge in [0, 0.05) is 22.4 Å². The summed E-state index contributed by atoms with van der Waals surface area (Å²) in [6.07, 6.45) is 0. The van der Waals surface area contributed by atoms with E-state index in [9.17, 15) is 9.59 Å². The number of para-hydroxylation sites is 1. The van der Waals surface area contributed by atoms with Gasteiger partial charge in [-0.2, -0.15) is 0 Å². The van der Waals surface area contributed by atoms with Crippen LogP contribution in [0.15, 0.2) is 77.8 Å². The summed E-state index contributed by atoms with van der Waals surface area (Å²) in [5.41, 5.74) is 3.58. The maximum Gasteiger partial charge on any atom is 0.258 e. The van der Waals surface area contributed by atoms with Gasteiger partial charge in [-0.1, -0.05) is 36.0 Å². The number of aromatic nitrogens is 1. The Morgan fingerprint density at radius 3 is 2.23 bits per heavy atom. The second-order valence-electron chi connectivity index (χ2n) is 9.02. The molecule has 2 N–H and O–H groups in total. The van der Waals surface area contributed by atoms with Crippen LogP contribution in [-0.4, -0.2) is 49.0 Å². The molecule has 0 bridgehead atoms. The van der Waals surface area contributed by atoms with Crippen LogP contribution >= 0.6 is 11.8 Å². The largest absolute Gasteiger partial charge is 0.497 e. The Hall–Kier alpha value is -4.63. The van der Waals surface area contributed by atoms with Crippen molar-refractivity contribution in [2.45, 2.75) is 17.2 Å². The fraction of sp³-hybridized carbons (Fsp3) is 0.161. The van der Waals surface area contributed by atoms with E-state index in [4.69, 9.17) is 24.6 Å². The summed E-state index contributed by atoms with van der Waals surface area (Å²) in [7, 11) is 4.64. The summed E-state index contributed by atoms with van der Waals surface area (Å²) >= 11 is 1.22. The number of hydrogen-bond acceptors (Lipinski definition) is 8. The Morgan fingerprint density at radius 1 is 0.875 bits per heavy atom. The number of aryl methyl sites for hydroxylation is 1. The maximum absolute atomic E-state index is 13.7.